The number of hydrogen-bond acceptors (Lipinski definition) is 4. The van der Waals surface area contributed by atoms with Gasteiger partial charge in [0.15, 0.2) is 0 Å². The van der Waals surface area contributed by atoms with Crippen LogP contribution < -0.4 is 14.8 Å². The van der Waals surface area contributed by atoms with Crippen molar-refractivity contribution in [2.24, 2.45) is 0 Å². The van der Waals surface area contributed by atoms with Crippen LogP contribution in [0.5, 0.6) is 11.5 Å². The number of benzene rings is 2. The Morgan fingerprint density at radius 2 is 1.63 bits per heavy atom. The third-order valence-electron chi connectivity index (χ3n) is 3.99. The van der Waals surface area contributed by atoms with Gasteiger partial charge in [0.2, 0.25) is 5.91 Å². The molecule has 1 atom stereocenters. The lowest BCUT2D eigenvalue weighted by atomic mass is 10.1. The minimum Gasteiger partial charge on any atom is -0.497 e. The summed E-state index contributed by atoms with van der Waals surface area (Å²) in [6, 6.07) is 12.1. The number of likely N-dealkylation sites (N-methyl/N-ethyl adjacent to an activating group) is 1. The van der Waals surface area contributed by atoms with Crippen molar-refractivity contribution in [1.82, 2.24) is 4.90 Å². The summed E-state index contributed by atoms with van der Waals surface area (Å²) in [6.07, 6.45) is -4.72. The molecule has 0 spiro atoms. The van der Waals surface area contributed by atoms with E-state index < -0.39 is 12.4 Å². The molecule has 2 aromatic carbocycles. The Labute approximate surface area is 155 Å². The van der Waals surface area contributed by atoms with Crippen molar-refractivity contribution >= 4 is 11.6 Å². The molecule has 2 rings (SSSR count). The molecule has 5 nitrogen and oxygen atoms in total. The molecule has 1 N–H and O–H groups in total. The number of carbonyl (C=O) groups is 1. The standard InChI is InChI=1S/C19H21F3N2O3/c1-13(18(25)23-15-6-10-16(26-3)11-7-15)24(2)12-14-4-8-17(9-5-14)27-19(20,21)22/h4-11,13H,12H2,1-3H3,(H,23,25). The smallest absolute Gasteiger partial charge is 0.497 e. The lowest BCUT2D eigenvalue weighted by Crippen LogP contribution is -2.39. The summed E-state index contributed by atoms with van der Waals surface area (Å²) in [4.78, 5) is 14.2. The van der Waals surface area contributed by atoms with Crippen LogP contribution >= 0.6 is 0 Å². The maximum absolute atomic E-state index is 12.4. The largest absolute Gasteiger partial charge is 0.573 e. The Balaban J connectivity index is 1.91. The molecule has 1 amide bonds. The molecule has 0 saturated carbocycles. The first-order valence-electron chi connectivity index (χ1n) is 8.18. The first kappa shape index (κ1) is 20.6. The Hall–Kier alpha value is -2.74. The van der Waals surface area contributed by atoms with Crippen LogP contribution in [0.2, 0.25) is 0 Å². The molecule has 1 unspecified atom stereocenters. The van der Waals surface area contributed by atoms with Crippen molar-refractivity contribution in [3.8, 4) is 11.5 Å². The Kier molecular flexibility index (Phi) is 6.68. The average Bonchev–Trinajstić information content (AvgIpc) is 2.62. The number of rotatable bonds is 7. The van der Waals surface area contributed by atoms with Crippen molar-refractivity contribution in [1.29, 1.82) is 0 Å². The van der Waals surface area contributed by atoms with E-state index >= 15 is 0 Å². The van der Waals surface area contributed by atoms with Crippen molar-refractivity contribution in [3.05, 3.63) is 54.1 Å². The number of hydrogen-bond donors (Lipinski definition) is 1. The molecule has 0 aliphatic heterocycles. The van der Waals surface area contributed by atoms with Gasteiger partial charge in [0.1, 0.15) is 11.5 Å². The van der Waals surface area contributed by atoms with E-state index in [9.17, 15) is 18.0 Å². The molecule has 146 valence electrons. The van der Waals surface area contributed by atoms with Crippen molar-refractivity contribution in [2.75, 3.05) is 19.5 Å². The van der Waals surface area contributed by atoms with Gasteiger partial charge in [0.05, 0.1) is 13.2 Å². The molecular formula is C19H21F3N2O3. The van der Waals surface area contributed by atoms with E-state index in [0.29, 0.717) is 18.0 Å². The van der Waals surface area contributed by atoms with Gasteiger partial charge in [-0.05, 0) is 55.9 Å². The molecule has 0 fully saturated rings. The summed E-state index contributed by atoms with van der Waals surface area (Å²) in [5.74, 6) is 0.218. The van der Waals surface area contributed by atoms with Gasteiger partial charge in [-0.2, -0.15) is 0 Å². The predicted molar refractivity (Wildman–Crippen MR) is 95.7 cm³/mol. The number of halogens is 3. The fraction of sp³-hybridized carbons (Fsp3) is 0.316. The first-order chi connectivity index (χ1) is 12.7. The summed E-state index contributed by atoms with van der Waals surface area (Å²) in [7, 11) is 3.32. The van der Waals surface area contributed by atoms with E-state index in [1.165, 1.54) is 24.3 Å². The van der Waals surface area contributed by atoms with Crippen molar-refractivity contribution < 1.29 is 27.4 Å². The highest BCUT2D eigenvalue weighted by molar-refractivity contribution is 5.94. The molecule has 27 heavy (non-hydrogen) atoms. The molecule has 0 saturated heterocycles. The highest BCUT2D eigenvalue weighted by Gasteiger charge is 2.31. The molecule has 0 bridgehead atoms. The number of nitrogens with zero attached hydrogens (tertiary/aromatic N) is 1. The van der Waals surface area contributed by atoms with E-state index in [0.717, 1.165) is 5.56 Å². The Morgan fingerprint density at radius 1 is 1.07 bits per heavy atom. The maximum atomic E-state index is 12.4. The molecular weight excluding hydrogens is 361 g/mol. The van der Waals surface area contributed by atoms with Crippen LogP contribution in [-0.2, 0) is 11.3 Å². The third-order valence-corrected chi connectivity index (χ3v) is 3.99. The second-order valence-corrected chi connectivity index (χ2v) is 6.00. The van der Waals surface area contributed by atoms with Crippen LogP contribution in [0, 0.1) is 0 Å². The van der Waals surface area contributed by atoms with Gasteiger partial charge in [0.25, 0.3) is 0 Å². The van der Waals surface area contributed by atoms with Gasteiger partial charge >= 0.3 is 6.36 Å². The highest BCUT2D eigenvalue weighted by Crippen LogP contribution is 2.23. The van der Waals surface area contributed by atoms with Crippen LogP contribution in [0.3, 0.4) is 0 Å². The zero-order valence-electron chi connectivity index (χ0n) is 15.2. The van der Waals surface area contributed by atoms with Crippen LogP contribution in [0.4, 0.5) is 18.9 Å². The fourth-order valence-electron chi connectivity index (χ4n) is 2.34. The highest BCUT2D eigenvalue weighted by atomic mass is 19.4. The number of carbonyl (C=O) groups excluding carboxylic acids is 1. The summed E-state index contributed by atoms with van der Waals surface area (Å²) in [5, 5.41) is 2.81. The Morgan fingerprint density at radius 3 is 2.15 bits per heavy atom. The van der Waals surface area contributed by atoms with E-state index in [2.05, 4.69) is 10.1 Å². The van der Waals surface area contributed by atoms with Gasteiger partial charge in [0, 0.05) is 12.2 Å². The summed E-state index contributed by atoms with van der Waals surface area (Å²) < 4.78 is 45.5. The lowest BCUT2D eigenvalue weighted by molar-refractivity contribution is -0.274. The van der Waals surface area contributed by atoms with Gasteiger partial charge in [-0.1, -0.05) is 12.1 Å². The number of alkyl halides is 3. The van der Waals surface area contributed by atoms with E-state index in [1.54, 1.807) is 50.2 Å². The van der Waals surface area contributed by atoms with Gasteiger partial charge in [-0.25, -0.2) is 0 Å². The molecule has 0 aliphatic carbocycles. The van der Waals surface area contributed by atoms with Crippen LogP contribution in [-0.4, -0.2) is 37.4 Å². The quantitative estimate of drug-likeness (QED) is 0.785. The maximum Gasteiger partial charge on any atom is 0.573 e. The van der Waals surface area contributed by atoms with Gasteiger partial charge in [-0.3, -0.25) is 9.69 Å². The van der Waals surface area contributed by atoms with Crippen LogP contribution in [0.1, 0.15) is 12.5 Å². The number of methoxy groups -OCH3 is 1. The van der Waals surface area contributed by atoms with Crippen molar-refractivity contribution in [3.63, 3.8) is 0 Å². The molecule has 0 heterocycles. The van der Waals surface area contributed by atoms with Gasteiger partial charge < -0.3 is 14.8 Å². The van der Waals surface area contributed by atoms with E-state index in [-0.39, 0.29) is 11.7 Å². The lowest BCUT2D eigenvalue weighted by Gasteiger charge is -2.24. The zero-order chi connectivity index (χ0) is 20.0. The fourth-order valence-corrected chi connectivity index (χ4v) is 2.34. The summed E-state index contributed by atoms with van der Waals surface area (Å²) in [6.45, 7) is 2.14. The average molecular weight is 382 g/mol. The van der Waals surface area contributed by atoms with Gasteiger partial charge in [-0.15, -0.1) is 13.2 Å². The number of nitrogens with one attached hydrogen (secondary N) is 1. The number of anilines is 1. The van der Waals surface area contributed by atoms with E-state index in [1.807, 2.05) is 0 Å². The van der Waals surface area contributed by atoms with Crippen LogP contribution in [0.15, 0.2) is 48.5 Å². The minimum atomic E-state index is -4.72. The van der Waals surface area contributed by atoms with Crippen molar-refractivity contribution in [2.45, 2.75) is 25.9 Å². The normalized spacial score (nSPS) is 12.6. The number of amides is 1. The molecule has 2 aromatic rings. The van der Waals surface area contributed by atoms with E-state index in [4.69, 9.17) is 4.74 Å². The Bertz CT molecular complexity index is 746. The molecule has 0 aromatic heterocycles. The first-order valence-corrected chi connectivity index (χ1v) is 8.18. The zero-order valence-corrected chi connectivity index (χ0v) is 15.2. The predicted octanol–water partition coefficient (Wildman–Crippen LogP) is 4.05. The topological polar surface area (TPSA) is 50.8 Å². The molecule has 8 heteroatoms. The monoisotopic (exact) mass is 382 g/mol. The minimum absolute atomic E-state index is 0.195. The third kappa shape index (κ3) is 6.49. The number of ether oxygens (including phenoxy) is 2. The summed E-state index contributed by atoms with van der Waals surface area (Å²) >= 11 is 0. The molecule has 0 radical (unpaired) electrons. The molecule has 0 aliphatic rings. The second kappa shape index (κ2) is 8.77. The summed E-state index contributed by atoms with van der Waals surface area (Å²) in [5.41, 5.74) is 1.41. The van der Waals surface area contributed by atoms with Crippen LogP contribution in [0.25, 0.3) is 0 Å². The SMILES string of the molecule is COc1ccc(NC(=O)C(C)N(C)Cc2ccc(OC(F)(F)F)cc2)cc1. The second-order valence-electron chi connectivity index (χ2n) is 6.00.